The SMILES string of the molecule is O=C(c1ccc[nH]1)c1cc(Cl)ccc1NC(=O)N1CCCC(C(=O)O)C1. The molecular formula is C18H18ClN3O4. The summed E-state index contributed by atoms with van der Waals surface area (Å²) in [5.74, 6) is -1.77. The molecule has 1 unspecified atom stereocenters. The van der Waals surface area contributed by atoms with E-state index in [9.17, 15) is 14.4 Å². The zero-order valence-electron chi connectivity index (χ0n) is 13.9. The standard InChI is InChI=1S/C18H18ClN3O4/c19-12-5-6-14(13(9-12)16(23)15-4-1-7-20-15)21-18(26)22-8-2-3-11(10-22)17(24)25/h1,4-7,9,11,20H,2-3,8,10H2,(H,21,26)(H,24,25). The maximum atomic E-state index is 12.6. The van der Waals surface area contributed by atoms with Gasteiger partial charge >= 0.3 is 12.0 Å². The van der Waals surface area contributed by atoms with Crippen LogP contribution in [0.25, 0.3) is 0 Å². The van der Waals surface area contributed by atoms with E-state index in [1.165, 1.54) is 11.0 Å². The van der Waals surface area contributed by atoms with E-state index >= 15 is 0 Å². The van der Waals surface area contributed by atoms with Crippen LogP contribution in [-0.2, 0) is 4.79 Å². The van der Waals surface area contributed by atoms with Gasteiger partial charge in [0, 0.05) is 29.9 Å². The molecule has 1 aromatic carbocycles. The number of amides is 2. The Labute approximate surface area is 155 Å². The lowest BCUT2D eigenvalue weighted by Crippen LogP contribution is -2.44. The van der Waals surface area contributed by atoms with Gasteiger partial charge in [0.2, 0.25) is 5.78 Å². The monoisotopic (exact) mass is 375 g/mol. The van der Waals surface area contributed by atoms with Gasteiger partial charge in [-0.2, -0.15) is 0 Å². The molecule has 0 bridgehead atoms. The summed E-state index contributed by atoms with van der Waals surface area (Å²) in [7, 11) is 0. The molecule has 2 amide bonds. The van der Waals surface area contributed by atoms with Crippen LogP contribution in [0.15, 0.2) is 36.5 Å². The predicted molar refractivity (Wildman–Crippen MR) is 96.6 cm³/mol. The lowest BCUT2D eigenvalue weighted by Gasteiger charge is -2.30. The number of anilines is 1. The zero-order valence-corrected chi connectivity index (χ0v) is 14.6. The van der Waals surface area contributed by atoms with Crippen LogP contribution in [0.3, 0.4) is 0 Å². The normalized spacial score (nSPS) is 17.0. The van der Waals surface area contributed by atoms with Gasteiger partial charge in [0.25, 0.3) is 0 Å². The van der Waals surface area contributed by atoms with Gasteiger partial charge in [-0.25, -0.2) is 4.79 Å². The van der Waals surface area contributed by atoms with Crippen molar-refractivity contribution >= 4 is 35.1 Å². The molecule has 1 fully saturated rings. The number of urea groups is 1. The molecule has 3 rings (SSSR count). The van der Waals surface area contributed by atoms with Crippen molar-refractivity contribution in [3.63, 3.8) is 0 Å². The number of carbonyl (C=O) groups excluding carboxylic acids is 2. The number of aromatic amines is 1. The third kappa shape index (κ3) is 3.88. The first-order valence-electron chi connectivity index (χ1n) is 8.22. The van der Waals surface area contributed by atoms with E-state index in [1.54, 1.807) is 30.5 Å². The van der Waals surface area contributed by atoms with Crippen LogP contribution < -0.4 is 5.32 Å². The van der Waals surface area contributed by atoms with E-state index in [1.807, 2.05) is 0 Å². The Balaban J connectivity index is 1.80. The van der Waals surface area contributed by atoms with Crippen molar-refractivity contribution in [3.05, 3.63) is 52.8 Å². The number of benzene rings is 1. The molecule has 1 aliphatic rings. The summed E-state index contributed by atoms with van der Waals surface area (Å²) in [5, 5.41) is 12.2. The minimum absolute atomic E-state index is 0.147. The molecular weight excluding hydrogens is 358 g/mol. The van der Waals surface area contributed by atoms with E-state index in [-0.39, 0.29) is 17.9 Å². The second kappa shape index (κ2) is 7.61. The Bertz CT molecular complexity index is 835. The maximum absolute atomic E-state index is 12.6. The number of likely N-dealkylation sites (tertiary alicyclic amines) is 1. The smallest absolute Gasteiger partial charge is 0.321 e. The predicted octanol–water partition coefficient (Wildman–Crippen LogP) is 3.23. The molecule has 26 heavy (non-hydrogen) atoms. The number of aliphatic carboxylic acids is 1. The van der Waals surface area contributed by atoms with Crippen molar-refractivity contribution in [2.75, 3.05) is 18.4 Å². The van der Waals surface area contributed by atoms with Gasteiger partial charge in [-0.15, -0.1) is 0 Å². The largest absolute Gasteiger partial charge is 0.481 e. The van der Waals surface area contributed by atoms with Gasteiger partial charge < -0.3 is 20.3 Å². The lowest BCUT2D eigenvalue weighted by molar-refractivity contribution is -0.143. The summed E-state index contributed by atoms with van der Waals surface area (Å²) in [6.45, 7) is 0.623. The molecule has 1 aliphatic heterocycles. The van der Waals surface area contributed by atoms with Crippen LogP contribution in [0.5, 0.6) is 0 Å². The molecule has 0 radical (unpaired) electrons. The molecule has 3 N–H and O–H groups in total. The number of ketones is 1. The van der Waals surface area contributed by atoms with E-state index in [4.69, 9.17) is 16.7 Å². The first-order valence-corrected chi connectivity index (χ1v) is 8.60. The number of piperidine rings is 1. The van der Waals surface area contributed by atoms with Gasteiger partial charge in [0.15, 0.2) is 0 Å². The highest BCUT2D eigenvalue weighted by Crippen LogP contribution is 2.24. The van der Waals surface area contributed by atoms with Crippen LogP contribution in [-0.4, -0.2) is 45.9 Å². The highest BCUT2D eigenvalue weighted by molar-refractivity contribution is 6.31. The summed E-state index contributed by atoms with van der Waals surface area (Å²) in [6.07, 6.45) is 2.81. The number of carboxylic acids is 1. The molecule has 1 atom stereocenters. The summed E-state index contributed by atoms with van der Waals surface area (Å²) in [5.41, 5.74) is 0.975. The molecule has 1 saturated heterocycles. The quantitative estimate of drug-likeness (QED) is 0.714. The highest BCUT2D eigenvalue weighted by Gasteiger charge is 2.28. The number of carbonyl (C=O) groups is 3. The molecule has 0 aliphatic carbocycles. The summed E-state index contributed by atoms with van der Waals surface area (Å²) >= 11 is 6.01. The minimum atomic E-state index is -0.906. The number of rotatable bonds is 4. The molecule has 8 heteroatoms. The Morgan fingerprint density at radius 3 is 2.77 bits per heavy atom. The molecule has 0 saturated carbocycles. The van der Waals surface area contributed by atoms with Crippen LogP contribution in [0.1, 0.15) is 28.9 Å². The third-order valence-electron chi connectivity index (χ3n) is 4.37. The fourth-order valence-electron chi connectivity index (χ4n) is 2.99. The van der Waals surface area contributed by atoms with Crippen molar-refractivity contribution < 1.29 is 19.5 Å². The maximum Gasteiger partial charge on any atom is 0.321 e. The van der Waals surface area contributed by atoms with Crippen LogP contribution >= 0.6 is 11.6 Å². The van der Waals surface area contributed by atoms with E-state index < -0.39 is 17.9 Å². The lowest BCUT2D eigenvalue weighted by atomic mass is 9.98. The summed E-state index contributed by atoms with van der Waals surface area (Å²) < 4.78 is 0. The average molecular weight is 376 g/mol. The second-order valence-electron chi connectivity index (χ2n) is 6.16. The van der Waals surface area contributed by atoms with Crippen LogP contribution in [0.4, 0.5) is 10.5 Å². The average Bonchev–Trinajstić information content (AvgIpc) is 3.17. The molecule has 2 aromatic rings. The van der Waals surface area contributed by atoms with Gasteiger partial charge in [-0.05, 0) is 43.2 Å². The first-order chi connectivity index (χ1) is 12.5. The van der Waals surface area contributed by atoms with E-state index in [0.717, 1.165) is 0 Å². The summed E-state index contributed by atoms with van der Waals surface area (Å²) in [6, 6.07) is 7.55. The third-order valence-corrected chi connectivity index (χ3v) is 4.60. The Hall–Kier alpha value is -2.80. The van der Waals surface area contributed by atoms with Crippen molar-refractivity contribution in [2.45, 2.75) is 12.8 Å². The van der Waals surface area contributed by atoms with Crippen molar-refractivity contribution in [1.82, 2.24) is 9.88 Å². The number of halogens is 1. The molecule has 136 valence electrons. The van der Waals surface area contributed by atoms with Crippen molar-refractivity contribution in [3.8, 4) is 0 Å². The van der Waals surface area contributed by atoms with Crippen LogP contribution in [0.2, 0.25) is 5.02 Å². The Morgan fingerprint density at radius 1 is 1.27 bits per heavy atom. The Morgan fingerprint density at radius 2 is 2.08 bits per heavy atom. The topological polar surface area (TPSA) is 103 Å². The molecule has 7 nitrogen and oxygen atoms in total. The van der Waals surface area contributed by atoms with E-state index in [2.05, 4.69) is 10.3 Å². The van der Waals surface area contributed by atoms with Gasteiger partial charge in [0.05, 0.1) is 17.3 Å². The van der Waals surface area contributed by atoms with Gasteiger partial charge in [-0.3, -0.25) is 9.59 Å². The number of nitrogens with one attached hydrogen (secondary N) is 2. The second-order valence-corrected chi connectivity index (χ2v) is 6.59. The highest BCUT2D eigenvalue weighted by atomic mass is 35.5. The number of H-pyrrole nitrogens is 1. The van der Waals surface area contributed by atoms with Crippen molar-refractivity contribution in [1.29, 1.82) is 0 Å². The summed E-state index contributed by atoms with van der Waals surface area (Å²) in [4.78, 5) is 40.7. The number of nitrogens with zero attached hydrogens (tertiary/aromatic N) is 1. The first kappa shape index (κ1) is 18.0. The number of carboxylic acid groups (broad SMARTS) is 1. The fourth-order valence-corrected chi connectivity index (χ4v) is 3.16. The van der Waals surface area contributed by atoms with E-state index in [0.29, 0.717) is 35.8 Å². The van der Waals surface area contributed by atoms with Crippen LogP contribution in [0, 0.1) is 5.92 Å². The zero-order chi connectivity index (χ0) is 18.7. The fraction of sp³-hybridized carbons (Fsp3) is 0.278. The number of aromatic nitrogens is 1. The minimum Gasteiger partial charge on any atom is -0.481 e. The molecule has 0 spiro atoms. The molecule has 1 aromatic heterocycles. The number of hydrogen-bond acceptors (Lipinski definition) is 3. The number of hydrogen-bond donors (Lipinski definition) is 3. The van der Waals surface area contributed by atoms with Gasteiger partial charge in [-0.1, -0.05) is 11.6 Å². The Kier molecular flexibility index (Phi) is 5.27. The molecule has 2 heterocycles. The van der Waals surface area contributed by atoms with Gasteiger partial charge in [0.1, 0.15) is 0 Å². The van der Waals surface area contributed by atoms with Crippen molar-refractivity contribution in [2.24, 2.45) is 5.92 Å².